The minimum absolute atomic E-state index is 0.187. The van der Waals surface area contributed by atoms with Crippen molar-refractivity contribution >= 4 is 0 Å². The number of hydrogen-bond donors (Lipinski definition) is 4. The van der Waals surface area contributed by atoms with E-state index < -0.39 is 12.2 Å². The molecule has 0 amide bonds. The summed E-state index contributed by atoms with van der Waals surface area (Å²) in [6, 6.07) is 0. The maximum Gasteiger partial charge on any atom is 0.0593 e. The number of rotatable bonds is 4. The zero-order valence-corrected chi connectivity index (χ0v) is 18.4. The predicted molar refractivity (Wildman–Crippen MR) is 112 cm³/mol. The molecule has 3 saturated carbocycles. The van der Waals surface area contributed by atoms with E-state index in [1.165, 1.54) is 0 Å². The SMILES string of the molecule is CC1CC(CC2CC(CC3CC(C)C(O)C(C)C3)C(O)CC2O)CC(C)C1O. The fraction of sp³-hybridized carbons (Fsp3) is 1.00. The summed E-state index contributed by atoms with van der Waals surface area (Å²) in [5, 5.41) is 41.8. The van der Waals surface area contributed by atoms with Gasteiger partial charge in [-0.25, -0.2) is 0 Å². The summed E-state index contributed by atoms with van der Waals surface area (Å²) >= 11 is 0. The van der Waals surface area contributed by atoms with Gasteiger partial charge in [0.15, 0.2) is 0 Å². The Morgan fingerprint density at radius 2 is 0.821 bits per heavy atom. The van der Waals surface area contributed by atoms with E-state index in [0.717, 1.165) is 44.9 Å². The Morgan fingerprint density at radius 3 is 1.14 bits per heavy atom. The summed E-state index contributed by atoms with van der Waals surface area (Å²) < 4.78 is 0. The molecule has 0 aliphatic heterocycles. The molecule has 4 heteroatoms. The molecule has 3 aliphatic carbocycles. The van der Waals surface area contributed by atoms with Gasteiger partial charge in [-0.15, -0.1) is 0 Å². The first-order valence-electron chi connectivity index (χ1n) is 11.9. The van der Waals surface area contributed by atoms with Crippen molar-refractivity contribution in [1.82, 2.24) is 0 Å². The summed E-state index contributed by atoms with van der Waals surface area (Å²) in [5.41, 5.74) is 0. The van der Waals surface area contributed by atoms with Gasteiger partial charge >= 0.3 is 0 Å². The quantitative estimate of drug-likeness (QED) is 0.585. The van der Waals surface area contributed by atoms with Gasteiger partial charge in [0.25, 0.3) is 0 Å². The molecule has 3 aliphatic rings. The standard InChI is InChI=1S/C24H44O4/c1-13-5-17(6-14(2)23(13)27)9-19-11-20(22(26)12-21(19)25)10-18-7-15(3)24(28)16(4)8-18/h13-28H,5-12H2,1-4H3. The lowest BCUT2D eigenvalue weighted by Crippen LogP contribution is -2.42. The summed E-state index contributed by atoms with van der Waals surface area (Å²) in [4.78, 5) is 0. The van der Waals surface area contributed by atoms with Crippen molar-refractivity contribution in [3.8, 4) is 0 Å². The zero-order chi connectivity index (χ0) is 20.6. The molecule has 8 unspecified atom stereocenters. The lowest BCUT2D eigenvalue weighted by atomic mass is 9.65. The number of aliphatic hydroxyl groups is 4. The first-order valence-corrected chi connectivity index (χ1v) is 11.9. The molecular formula is C24H44O4. The van der Waals surface area contributed by atoms with Gasteiger partial charge < -0.3 is 20.4 Å². The molecule has 4 N–H and O–H groups in total. The molecule has 4 nitrogen and oxygen atoms in total. The highest BCUT2D eigenvalue weighted by Crippen LogP contribution is 2.44. The lowest BCUT2D eigenvalue weighted by Gasteiger charge is -2.43. The van der Waals surface area contributed by atoms with E-state index in [1.807, 2.05) is 0 Å². The van der Waals surface area contributed by atoms with Crippen molar-refractivity contribution in [3.63, 3.8) is 0 Å². The summed E-state index contributed by atoms with van der Waals surface area (Å²) in [6.45, 7) is 8.60. The third-order valence-corrected chi connectivity index (χ3v) is 8.60. The molecule has 0 aromatic heterocycles. The van der Waals surface area contributed by atoms with Crippen molar-refractivity contribution in [2.75, 3.05) is 0 Å². The first kappa shape index (κ1) is 22.5. The Hall–Kier alpha value is -0.160. The third kappa shape index (κ3) is 5.11. The van der Waals surface area contributed by atoms with Crippen molar-refractivity contribution in [2.45, 2.75) is 103 Å². The van der Waals surface area contributed by atoms with Crippen LogP contribution >= 0.6 is 0 Å². The van der Waals surface area contributed by atoms with Crippen molar-refractivity contribution in [1.29, 1.82) is 0 Å². The lowest BCUT2D eigenvalue weighted by molar-refractivity contribution is -0.0626. The maximum absolute atomic E-state index is 10.7. The van der Waals surface area contributed by atoms with E-state index in [4.69, 9.17) is 0 Å². The van der Waals surface area contributed by atoms with Crippen LogP contribution in [0, 0.1) is 47.3 Å². The molecule has 8 atom stereocenters. The van der Waals surface area contributed by atoms with E-state index in [1.54, 1.807) is 0 Å². The van der Waals surface area contributed by atoms with Crippen molar-refractivity contribution < 1.29 is 20.4 Å². The van der Waals surface area contributed by atoms with Crippen molar-refractivity contribution in [3.05, 3.63) is 0 Å². The molecular weight excluding hydrogens is 352 g/mol. The summed E-state index contributed by atoms with van der Waals surface area (Å²) in [6.07, 6.45) is 6.54. The van der Waals surface area contributed by atoms with Gasteiger partial charge in [-0.3, -0.25) is 0 Å². The normalized spacial score (nSPS) is 53.1. The Bertz CT molecular complexity index is 431. The van der Waals surface area contributed by atoms with Crippen LogP contribution in [0.1, 0.15) is 79.1 Å². The van der Waals surface area contributed by atoms with Crippen LogP contribution in [0.2, 0.25) is 0 Å². The monoisotopic (exact) mass is 396 g/mol. The van der Waals surface area contributed by atoms with Gasteiger partial charge in [0.2, 0.25) is 0 Å². The average Bonchev–Trinajstić information content (AvgIpc) is 2.61. The molecule has 28 heavy (non-hydrogen) atoms. The zero-order valence-electron chi connectivity index (χ0n) is 18.4. The maximum atomic E-state index is 10.7. The molecule has 3 fully saturated rings. The summed E-state index contributed by atoms with van der Waals surface area (Å²) in [5.74, 6) is 3.07. The van der Waals surface area contributed by atoms with E-state index in [2.05, 4.69) is 27.7 Å². The molecule has 0 heterocycles. The van der Waals surface area contributed by atoms with Crippen LogP contribution in [0.4, 0.5) is 0 Å². The van der Waals surface area contributed by atoms with E-state index in [-0.39, 0.29) is 24.0 Å². The van der Waals surface area contributed by atoms with Crippen LogP contribution in [0.25, 0.3) is 0 Å². The van der Waals surface area contributed by atoms with Crippen LogP contribution in [0.5, 0.6) is 0 Å². The molecule has 164 valence electrons. The van der Waals surface area contributed by atoms with Crippen LogP contribution in [0.15, 0.2) is 0 Å². The van der Waals surface area contributed by atoms with Gasteiger partial charge in [0.05, 0.1) is 24.4 Å². The highest BCUT2D eigenvalue weighted by molar-refractivity contribution is 4.91. The topological polar surface area (TPSA) is 80.9 Å². The van der Waals surface area contributed by atoms with Gasteiger partial charge in [0, 0.05) is 0 Å². The highest BCUT2D eigenvalue weighted by Gasteiger charge is 2.41. The van der Waals surface area contributed by atoms with E-state index in [0.29, 0.717) is 41.9 Å². The predicted octanol–water partition coefficient (Wildman–Crippen LogP) is 3.60. The largest absolute Gasteiger partial charge is 0.393 e. The van der Waals surface area contributed by atoms with Crippen molar-refractivity contribution in [2.24, 2.45) is 47.3 Å². The Morgan fingerprint density at radius 1 is 0.500 bits per heavy atom. The second-order valence-corrected chi connectivity index (χ2v) is 11.2. The molecule has 3 rings (SSSR count). The molecule has 0 radical (unpaired) electrons. The van der Waals surface area contributed by atoms with Crippen LogP contribution in [-0.4, -0.2) is 44.8 Å². The van der Waals surface area contributed by atoms with Crippen LogP contribution < -0.4 is 0 Å². The first-order chi connectivity index (χ1) is 13.2. The minimum Gasteiger partial charge on any atom is -0.393 e. The number of aliphatic hydroxyl groups excluding tert-OH is 4. The average molecular weight is 397 g/mol. The Balaban J connectivity index is 1.57. The molecule has 0 aromatic rings. The highest BCUT2D eigenvalue weighted by atomic mass is 16.3. The Kier molecular flexibility index (Phi) is 7.50. The number of hydrogen-bond acceptors (Lipinski definition) is 4. The van der Waals surface area contributed by atoms with E-state index >= 15 is 0 Å². The molecule has 0 bridgehead atoms. The minimum atomic E-state index is -0.394. The molecule has 0 spiro atoms. The van der Waals surface area contributed by atoms with Gasteiger partial charge in [-0.05, 0) is 98.7 Å². The second kappa shape index (κ2) is 9.32. The van der Waals surface area contributed by atoms with Gasteiger partial charge in [0.1, 0.15) is 0 Å². The fourth-order valence-electron chi connectivity index (χ4n) is 7.06. The van der Waals surface area contributed by atoms with Gasteiger partial charge in [-0.2, -0.15) is 0 Å². The molecule has 0 aromatic carbocycles. The second-order valence-electron chi connectivity index (χ2n) is 11.2. The van der Waals surface area contributed by atoms with Crippen LogP contribution in [-0.2, 0) is 0 Å². The van der Waals surface area contributed by atoms with Crippen LogP contribution in [0.3, 0.4) is 0 Å². The molecule has 0 saturated heterocycles. The Labute approximate surface area is 171 Å². The smallest absolute Gasteiger partial charge is 0.0593 e. The van der Waals surface area contributed by atoms with E-state index in [9.17, 15) is 20.4 Å². The summed E-state index contributed by atoms with van der Waals surface area (Å²) in [7, 11) is 0. The fourth-order valence-corrected chi connectivity index (χ4v) is 7.06. The third-order valence-electron chi connectivity index (χ3n) is 8.60. The van der Waals surface area contributed by atoms with Gasteiger partial charge in [-0.1, -0.05) is 27.7 Å².